The fourth-order valence-corrected chi connectivity index (χ4v) is 5.92. The third-order valence-electron chi connectivity index (χ3n) is 7.99. The van der Waals surface area contributed by atoms with Crippen molar-refractivity contribution in [3.63, 3.8) is 0 Å². The summed E-state index contributed by atoms with van der Waals surface area (Å²) in [4.78, 5) is 35.6. The second-order valence-corrected chi connectivity index (χ2v) is 10.2. The number of carbonyl (C=O) groups excluding carboxylic acids is 2. The summed E-state index contributed by atoms with van der Waals surface area (Å²) in [6, 6.07) is 11.6. The highest BCUT2D eigenvalue weighted by atomic mass is 16.5. The molecule has 9 nitrogen and oxygen atoms in total. The van der Waals surface area contributed by atoms with E-state index in [0.29, 0.717) is 43.3 Å². The third-order valence-corrected chi connectivity index (χ3v) is 7.99. The number of fused-ring (bicyclic) bond motifs is 3. The van der Waals surface area contributed by atoms with Crippen LogP contribution in [-0.2, 0) is 16.8 Å². The van der Waals surface area contributed by atoms with Crippen molar-refractivity contribution in [2.45, 2.75) is 50.5 Å². The first kappa shape index (κ1) is 21.3. The lowest BCUT2D eigenvalue weighted by molar-refractivity contribution is -0.125. The average Bonchev–Trinajstić information content (AvgIpc) is 3.37. The van der Waals surface area contributed by atoms with Crippen LogP contribution in [0.25, 0.3) is 10.9 Å². The molecule has 0 unspecified atom stereocenters. The number of H-pyrrole nitrogens is 1. The van der Waals surface area contributed by atoms with E-state index in [0.717, 1.165) is 46.4 Å². The summed E-state index contributed by atoms with van der Waals surface area (Å²) < 4.78 is 5.50. The van der Waals surface area contributed by atoms with Gasteiger partial charge in [-0.25, -0.2) is 0 Å². The Kier molecular flexibility index (Phi) is 4.58. The molecule has 0 radical (unpaired) electrons. The number of carbonyl (C=O) groups is 2. The van der Waals surface area contributed by atoms with Gasteiger partial charge in [-0.3, -0.25) is 14.7 Å². The smallest absolute Gasteiger partial charge is 0.253 e. The molecule has 1 saturated heterocycles. The highest BCUT2D eigenvalue weighted by Crippen LogP contribution is 2.50. The van der Waals surface area contributed by atoms with Gasteiger partial charge in [-0.05, 0) is 68.0 Å². The van der Waals surface area contributed by atoms with Crippen LogP contribution in [0.2, 0.25) is 0 Å². The topological polar surface area (TPSA) is 108 Å². The number of anilines is 1. The number of aryl methyl sites for hydroxylation is 1. The lowest BCUT2D eigenvalue weighted by atomic mass is 9.72. The summed E-state index contributed by atoms with van der Waals surface area (Å²) in [7, 11) is 0. The Morgan fingerprint density at radius 2 is 2.03 bits per heavy atom. The highest BCUT2D eigenvalue weighted by Gasteiger charge is 2.53. The minimum Gasteiger partial charge on any atom is -0.339 e. The molecule has 3 aliphatic rings. The van der Waals surface area contributed by atoms with Crippen LogP contribution in [0.3, 0.4) is 0 Å². The molecule has 2 fully saturated rings. The Balaban J connectivity index is 1.15. The van der Waals surface area contributed by atoms with Crippen molar-refractivity contribution in [2.75, 3.05) is 18.0 Å². The molecule has 2 aliphatic heterocycles. The minimum absolute atomic E-state index is 0.0151. The number of hydrogen-bond donors (Lipinski definition) is 1. The van der Waals surface area contributed by atoms with Gasteiger partial charge >= 0.3 is 0 Å². The average molecular weight is 483 g/mol. The summed E-state index contributed by atoms with van der Waals surface area (Å²) in [6.45, 7) is 3.36. The second kappa shape index (κ2) is 7.74. The van der Waals surface area contributed by atoms with Crippen molar-refractivity contribution >= 4 is 28.4 Å². The Morgan fingerprint density at radius 1 is 1.19 bits per heavy atom. The molecule has 36 heavy (non-hydrogen) atoms. The molecule has 4 heterocycles. The zero-order valence-electron chi connectivity index (χ0n) is 20.0. The molecule has 1 spiro atoms. The standard InChI is InChI=1S/C27H26N6O3/c1-16-3-2-4-21-23(16)27(26(35)33(21)15-22-29-24(31-36-22)17-5-6-17)9-11-32(12-10-27)25(34)18-7-8-20-19(13-18)14-28-30-20/h2-4,7-8,13-14,17H,5-6,9-12,15H2,1H3,(H,28,30). The van der Waals surface area contributed by atoms with E-state index in [1.165, 1.54) is 0 Å². The monoisotopic (exact) mass is 482 g/mol. The molecule has 2 aromatic carbocycles. The Hall–Kier alpha value is -4.01. The minimum atomic E-state index is -0.648. The van der Waals surface area contributed by atoms with E-state index in [1.807, 2.05) is 35.2 Å². The van der Waals surface area contributed by atoms with Gasteiger partial charge in [0.15, 0.2) is 5.82 Å². The van der Waals surface area contributed by atoms with Gasteiger partial charge in [-0.1, -0.05) is 17.3 Å². The Morgan fingerprint density at radius 3 is 2.83 bits per heavy atom. The number of nitrogens with zero attached hydrogens (tertiary/aromatic N) is 5. The van der Waals surface area contributed by atoms with Crippen molar-refractivity contribution < 1.29 is 14.1 Å². The van der Waals surface area contributed by atoms with Gasteiger partial charge in [0, 0.05) is 35.6 Å². The van der Waals surface area contributed by atoms with Crippen molar-refractivity contribution in [2.24, 2.45) is 0 Å². The molecular weight excluding hydrogens is 456 g/mol. The number of aromatic nitrogens is 4. The van der Waals surface area contributed by atoms with Gasteiger partial charge < -0.3 is 14.3 Å². The first-order chi connectivity index (χ1) is 17.5. The molecule has 1 aliphatic carbocycles. The molecule has 182 valence electrons. The van der Waals surface area contributed by atoms with Crippen molar-refractivity contribution in [1.82, 2.24) is 25.2 Å². The molecule has 4 aromatic rings. The maximum atomic E-state index is 14.0. The lowest BCUT2D eigenvalue weighted by Crippen LogP contribution is -2.50. The SMILES string of the molecule is Cc1cccc2c1C1(CCN(C(=O)c3ccc4[nH]ncc4c3)CC1)C(=O)N2Cc1nc(C2CC2)no1. The van der Waals surface area contributed by atoms with Gasteiger partial charge in [0.25, 0.3) is 5.91 Å². The number of piperidine rings is 1. The van der Waals surface area contributed by atoms with Crippen molar-refractivity contribution in [3.05, 3.63) is 71.0 Å². The predicted molar refractivity (Wildman–Crippen MR) is 132 cm³/mol. The van der Waals surface area contributed by atoms with Crippen LogP contribution < -0.4 is 4.90 Å². The molecule has 0 bridgehead atoms. The van der Waals surface area contributed by atoms with E-state index in [9.17, 15) is 9.59 Å². The number of nitrogens with one attached hydrogen (secondary N) is 1. The molecule has 0 atom stereocenters. The van der Waals surface area contributed by atoms with Gasteiger partial charge in [0.05, 0.1) is 17.1 Å². The van der Waals surface area contributed by atoms with Gasteiger partial charge in [-0.15, -0.1) is 0 Å². The maximum absolute atomic E-state index is 14.0. The normalized spacial score (nSPS) is 18.9. The Bertz CT molecular complexity index is 1510. The third kappa shape index (κ3) is 3.18. The fraction of sp³-hybridized carbons (Fsp3) is 0.370. The first-order valence-corrected chi connectivity index (χ1v) is 12.5. The number of benzene rings is 2. The second-order valence-electron chi connectivity index (χ2n) is 10.2. The summed E-state index contributed by atoms with van der Waals surface area (Å²) in [5.74, 6) is 1.66. The van der Waals surface area contributed by atoms with Crippen LogP contribution in [0.4, 0.5) is 5.69 Å². The van der Waals surface area contributed by atoms with Gasteiger partial charge in [0.1, 0.15) is 6.54 Å². The Labute approximate surface area is 207 Å². The quantitative estimate of drug-likeness (QED) is 0.473. The molecule has 2 amide bonds. The van der Waals surface area contributed by atoms with Crippen LogP contribution in [0.5, 0.6) is 0 Å². The zero-order valence-corrected chi connectivity index (χ0v) is 20.0. The molecule has 1 N–H and O–H groups in total. The van der Waals surface area contributed by atoms with Crippen LogP contribution in [-0.4, -0.2) is 50.1 Å². The summed E-state index contributed by atoms with van der Waals surface area (Å²) in [5.41, 5.74) is 3.97. The number of rotatable bonds is 4. The van der Waals surface area contributed by atoms with Crippen molar-refractivity contribution in [1.29, 1.82) is 0 Å². The van der Waals surface area contributed by atoms with Crippen LogP contribution >= 0.6 is 0 Å². The van der Waals surface area contributed by atoms with E-state index >= 15 is 0 Å². The molecule has 1 saturated carbocycles. The number of amides is 2. The van der Waals surface area contributed by atoms with E-state index in [2.05, 4.69) is 33.3 Å². The van der Waals surface area contributed by atoms with Gasteiger partial charge in [-0.2, -0.15) is 10.1 Å². The molecule has 2 aromatic heterocycles. The number of hydrogen-bond acceptors (Lipinski definition) is 6. The van der Waals surface area contributed by atoms with E-state index in [4.69, 9.17) is 4.52 Å². The largest absolute Gasteiger partial charge is 0.339 e. The fourth-order valence-electron chi connectivity index (χ4n) is 5.92. The van der Waals surface area contributed by atoms with E-state index < -0.39 is 5.41 Å². The summed E-state index contributed by atoms with van der Waals surface area (Å²) >= 11 is 0. The van der Waals surface area contributed by atoms with Gasteiger partial charge in [0.2, 0.25) is 11.8 Å². The number of likely N-dealkylation sites (tertiary alicyclic amines) is 1. The maximum Gasteiger partial charge on any atom is 0.253 e. The summed E-state index contributed by atoms with van der Waals surface area (Å²) in [6.07, 6.45) is 5.07. The van der Waals surface area contributed by atoms with Crippen LogP contribution in [0.15, 0.2) is 47.1 Å². The predicted octanol–water partition coefficient (Wildman–Crippen LogP) is 3.85. The number of aromatic amines is 1. The molecular formula is C27H26N6O3. The molecule has 9 heteroatoms. The van der Waals surface area contributed by atoms with Crippen LogP contribution in [0.1, 0.15) is 64.8 Å². The first-order valence-electron chi connectivity index (χ1n) is 12.5. The van der Waals surface area contributed by atoms with E-state index in [1.54, 1.807) is 11.1 Å². The van der Waals surface area contributed by atoms with Crippen LogP contribution in [0, 0.1) is 6.92 Å². The van der Waals surface area contributed by atoms with Crippen molar-refractivity contribution in [3.8, 4) is 0 Å². The zero-order chi connectivity index (χ0) is 24.4. The highest BCUT2D eigenvalue weighted by molar-refractivity contribution is 6.09. The molecule has 7 rings (SSSR count). The lowest BCUT2D eigenvalue weighted by Gasteiger charge is -2.39. The van der Waals surface area contributed by atoms with E-state index in [-0.39, 0.29) is 18.4 Å². The summed E-state index contributed by atoms with van der Waals surface area (Å²) in [5, 5.41) is 12.0.